The number of imidazole rings is 1. The molecule has 0 aliphatic carbocycles. The quantitative estimate of drug-likeness (QED) is 0.499. The molecule has 116 valence electrons. The largest absolute Gasteiger partial charge is 0.508 e. The van der Waals surface area contributed by atoms with Crippen LogP contribution in [0.1, 0.15) is 0 Å². The van der Waals surface area contributed by atoms with E-state index >= 15 is 0 Å². The molecule has 0 saturated carbocycles. The first-order valence-corrected chi connectivity index (χ1v) is 7.88. The summed E-state index contributed by atoms with van der Waals surface area (Å²) >= 11 is 0. The van der Waals surface area contributed by atoms with Gasteiger partial charge in [-0.3, -0.25) is 4.57 Å². The van der Waals surface area contributed by atoms with Crippen molar-refractivity contribution in [3.63, 3.8) is 0 Å². The van der Waals surface area contributed by atoms with E-state index in [-0.39, 0.29) is 5.75 Å². The minimum Gasteiger partial charge on any atom is -0.508 e. The Labute approximate surface area is 138 Å². The van der Waals surface area contributed by atoms with Gasteiger partial charge in [-0.15, -0.1) is 0 Å². The lowest BCUT2D eigenvalue weighted by Crippen LogP contribution is -2.02. The molecule has 0 aliphatic heterocycles. The van der Waals surface area contributed by atoms with Gasteiger partial charge in [-0.05, 0) is 36.4 Å². The minimum atomic E-state index is 0.274. The Bertz CT molecular complexity index is 1230. The van der Waals surface area contributed by atoms with Crippen LogP contribution in [0.25, 0.3) is 38.8 Å². The van der Waals surface area contributed by atoms with E-state index in [9.17, 15) is 5.11 Å². The maximum atomic E-state index is 9.91. The van der Waals surface area contributed by atoms with Gasteiger partial charge in [-0.1, -0.05) is 30.3 Å². The molecule has 0 unspecified atom stereocenters. The molecular formula is C20H15N3O. The molecule has 4 nitrogen and oxygen atoms in total. The highest BCUT2D eigenvalue weighted by Gasteiger charge is 2.16. The Morgan fingerprint density at radius 3 is 2.33 bits per heavy atom. The topological polar surface area (TPSA) is 43.0 Å². The number of aromatic nitrogens is 3. The smallest absolute Gasteiger partial charge is 0.215 e. The van der Waals surface area contributed by atoms with Crippen LogP contribution in [0.2, 0.25) is 0 Å². The highest BCUT2D eigenvalue weighted by Crippen LogP contribution is 2.34. The third-order valence-corrected chi connectivity index (χ3v) is 4.62. The first kappa shape index (κ1) is 13.2. The van der Waals surface area contributed by atoms with Crippen molar-refractivity contribution in [1.82, 2.24) is 14.1 Å². The van der Waals surface area contributed by atoms with Crippen molar-refractivity contribution < 1.29 is 5.11 Å². The molecule has 0 radical (unpaired) electrons. The van der Waals surface area contributed by atoms with Crippen molar-refractivity contribution in [3.05, 3.63) is 66.7 Å². The summed E-state index contributed by atoms with van der Waals surface area (Å²) in [6.07, 6.45) is 0. The number of hydrogen-bond acceptors (Lipinski definition) is 2. The summed E-state index contributed by atoms with van der Waals surface area (Å²) in [4.78, 5) is 4.84. The van der Waals surface area contributed by atoms with Crippen LogP contribution in [0.3, 0.4) is 0 Å². The molecule has 0 bridgehead atoms. The summed E-state index contributed by atoms with van der Waals surface area (Å²) in [5, 5.41) is 12.0. The number of benzene rings is 3. The molecule has 3 aromatic carbocycles. The molecule has 0 spiro atoms. The predicted molar refractivity (Wildman–Crippen MR) is 96.7 cm³/mol. The zero-order valence-electron chi connectivity index (χ0n) is 13.1. The van der Waals surface area contributed by atoms with Gasteiger partial charge in [0.2, 0.25) is 5.95 Å². The van der Waals surface area contributed by atoms with Crippen LogP contribution in [-0.4, -0.2) is 19.2 Å². The van der Waals surface area contributed by atoms with E-state index in [1.54, 1.807) is 6.07 Å². The number of phenols is 1. The van der Waals surface area contributed by atoms with E-state index in [2.05, 4.69) is 27.3 Å². The molecular weight excluding hydrogens is 298 g/mol. The summed E-state index contributed by atoms with van der Waals surface area (Å²) in [5.41, 5.74) is 4.18. The molecule has 0 fully saturated rings. The summed E-state index contributed by atoms with van der Waals surface area (Å²) < 4.78 is 4.26. The lowest BCUT2D eigenvalue weighted by atomic mass is 10.1. The fraction of sp³-hybridized carbons (Fsp3) is 0.0500. The van der Waals surface area contributed by atoms with E-state index < -0.39 is 0 Å². The second-order valence-corrected chi connectivity index (χ2v) is 6.01. The van der Waals surface area contributed by atoms with E-state index in [0.717, 1.165) is 38.8 Å². The molecule has 0 saturated heterocycles. The standard InChI is InChI=1S/C20H15N3O/c1-22-19-9-5-3-7-16(19)21-20(22)23-17-8-4-2-6-14(17)15-12-13(24)10-11-18(15)23/h2-12,24H,1H3. The first-order chi connectivity index (χ1) is 11.7. The Hall–Kier alpha value is -3.27. The third kappa shape index (κ3) is 1.65. The van der Waals surface area contributed by atoms with Gasteiger partial charge in [0.1, 0.15) is 5.75 Å². The minimum absolute atomic E-state index is 0.274. The van der Waals surface area contributed by atoms with Gasteiger partial charge in [-0.25, -0.2) is 4.98 Å². The molecule has 1 N–H and O–H groups in total. The zero-order chi connectivity index (χ0) is 16.3. The zero-order valence-corrected chi connectivity index (χ0v) is 13.1. The summed E-state index contributed by atoms with van der Waals surface area (Å²) in [6, 6.07) is 21.8. The molecule has 5 aromatic rings. The second-order valence-electron chi connectivity index (χ2n) is 6.01. The average molecular weight is 313 g/mol. The number of nitrogens with zero attached hydrogens (tertiary/aromatic N) is 3. The van der Waals surface area contributed by atoms with Crippen LogP contribution >= 0.6 is 0 Å². The van der Waals surface area contributed by atoms with Crippen molar-refractivity contribution in [3.8, 4) is 11.7 Å². The maximum Gasteiger partial charge on any atom is 0.215 e. The van der Waals surface area contributed by atoms with E-state index in [4.69, 9.17) is 4.98 Å². The third-order valence-electron chi connectivity index (χ3n) is 4.62. The van der Waals surface area contributed by atoms with Crippen molar-refractivity contribution >= 4 is 32.8 Å². The van der Waals surface area contributed by atoms with Crippen LogP contribution in [0.4, 0.5) is 0 Å². The van der Waals surface area contributed by atoms with Crippen LogP contribution in [-0.2, 0) is 7.05 Å². The highest BCUT2D eigenvalue weighted by molar-refractivity contribution is 6.09. The van der Waals surface area contributed by atoms with Crippen LogP contribution in [0.15, 0.2) is 66.7 Å². The van der Waals surface area contributed by atoms with Gasteiger partial charge in [0.25, 0.3) is 0 Å². The normalized spacial score (nSPS) is 11.7. The van der Waals surface area contributed by atoms with Gasteiger partial charge in [0.05, 0.1) is 22.1 Å². The van der Waals surface area contributed by atoms with Crippen molar-refractivity contribution in [2.45, 2.75) is 0 Å². The number of aryl methyl sites for hydroxylation is 1. The number of rotatable bonds is 1. The van der Waals surface area contributed by atoms with Crippen LogP contribution < -0.4 is 0 Å². The summed E-state index contributed by atoms with van der Waals surface area (Å²) in [5.74, 6) is 1.14. The Balaban J connectivity index is 1.99. The van der Waals surface area contributed by atoms with Crippen molar-refractivity contribution in [2.24, 2.45) is 7.05 Å². The molecule has 24 heavy (non-hydrogen) atoms. The van der Waals surface area contributed by atoms with Crippen molar-refractivity contribution in [2.75, 3.05) is 0 Å². The van der Waals surface area contributed by atoms with E-state index in [1.807, 2.05) is 49.5 Å². The second kappa shape index (κ2) is 4.61. The highest BCUT2D eigenvalue weighted by atomic mass is 16.3. The summed E-state index contributed by atoms with van der Waals surface area (Å²) in [6.45, 7) is 0. The van der Waals surface area contributed by atoms with Crippen LogP contribution in [0.5, 0.6) is 5.75 Å². The average Bonchev–Trinajstić information content (AvgIpc) is 3.10. The molecule has 0 atom stereocenters. The van der Waals surface area contributed by atoms with Gasteiger partial charge in [0.15, 0.2) is 0 Å². The van der Waals surface area contributed by atoms with Gasteiger partial charge in [0, 0.05) is 17.8 Å². The van der Waals surface area contributed by atoms with E-state index in [1.165, 1.54) is 0 Å². The molecule has 2 aromatic heterocycles. The van der Waals surface area contributed by atoms with Gasteiger partial charge >= 0.3 is 0 Å². The molecule has 2 heterocycles. The number of phenolic OH excluding ortho intramolecular Hbond substituents is 1. The number of fused-ring (bicyclic) bond motifs is 4. The lowest BCUT2D eigenvalue weighted by molar-refractivity contribution is 0.476. The Morgan fingerprint density at radius 2 is 1.50 bits per heavy atom. The summed E-state index contributed by atoms with van der Waals surface area (Å²) in [7, 11) is 2.03. The molecule has 0 amide bonds. The van der Waals surface area contributed by atoms with Gasteiger partial charge < -0.3 is 9.67 Å². The van der Waals surface area contributed by atoms with Crippen molar-refractivity contribution in [1.29, 1.82) is 0 Å². The first-order valence-electron chi connectivity index (χ1n) is 7.88. The fourth-order valence-corrected chi connectivity index (χ4v) is 3.51. The Morgan fingerprint density at radius 1 is 0.792 bits per heavy atom. The maximum absolute atomic E-state index is 9.91. The monoisotopic (exact) mass is 313 g/mol. The number of para-hydroxylation sites is 3. The predicted octanol–water partition coefficient (Wildman–Crippen LogP) is 4.38. The molecule has 4 heteroatoms. The molecule has 5 rings (SSSR count). The fourth-order valence-electron chi connectivity index (χ4n) is 3.51. The lowest BCUT2D eigenvalue weighted by Gasteiger charge is -2.07. The number of hydrogen-bond donors (Lipinski definition) is 1. The van der Waals surface area contributed by atoms with Crippen LogP contribution in [0, 0.1) is 0 Å². The Kier molecular flexibility index (Phi) is 2.54. The van der Waals surface area contributed by atoms with Gasteiger partial charge in [-0.2, -0.15) is 0 Å². The van der Waals surface area contributed by atoms with E-state index in [0.29, 0.717) is 0 Å². The molecule has 0 aliphatic rings. The number of aromatic hydroxyl groups is 1. The SMILES string of the molecule is Cn1c(-n2c3ccccc3c3cc(O)ccc32)nc2ccccc21.